The Morgan fingerprint density at radius 1 is 0.952 bits per heavy atom. The van der Waals surface area contributed by atoms with Crippen LogP contribution >= 0.6 is 45.9 Å². The van der Waals surface area contributed by atoms with Crippen LogP contribution in [0.5, 0.6) is 0 Å². The van der Waals surface area contributed by atoms with Crippen molar-refractivity contribution in [1.29, 1.82) is 0 Å². The van der Waals surface area contributed by atoms with Crippen LogP contribution in [0.1, 0.15) is 21.4 Å². The number of thiophene rings is 2. The summed E-state index contributed by atoms with van der Waals surface area (Å²) in [6.07, 6.45) is 0. The van der Waals surface area contributed by atoms with Crippen molar-refractivity contribution in [2.45, 2.75) is 12.6 Å². The van der Waals surface area contributed by atoms with Crippen molar-refractivity contribution >= 4 is 45.9 Å². The zero-order valence-electron chi connectivity index (χ0n) is 11.1. The summed E-state index contributed by atoms with van der Waals surface area (Å²) in [7, 11) is 0. The van der Waals surface area contributed by atoms with Gasteiger partial charge in [0.05, 0.1) is 10.4 Å². The van der Waals surface area contributed by atoms with E-state index in [4.69, 9.17) is 23.2 Å². The SMILES string of the molecule is Clc1ccc(CNC(c2cccs2)c2ccc(Cl)s2)cc1. The van der Waals surface area contributed by atoms with Crippen LogP contribution in [0.3, 0.4) is 0 Å². The number of rotatable bonds is 5. The Labute approximate surface area is 142 Å². The van der Waals surface area contributed by atoms with E-state index in [1.807, 2.05) is 30.3 Å². The molecule has 0 aliphatic carbocycles. The van der Waals surface area contributed by atoms with E-state index in [0.29, 0.717) is 0 Å². The molecule has 0 spiro atoms. The van der Waals surface area contributed by atoms with Crippen molar-refractivity contribution in [3.05, 3.63) is 78.6 Å². The summed E-state index contributed by atoms with van der Waals surface area (Å²) >= 11 is 15.4. The molecular formula is C16H13Cl2NS2. The van der Waals surface area contributed by atoms with Crippen molar-refractivity contribution in [3.8, 4) is 0 Å². The van der Waals surface area contributed by atoms with Crippen LogP contribution in [0.4, 0.5) is 0 Å². The predicted octanol–water partition coefficient (Wildman–Crippen LogP) is 6.00. The number of hydrogen-bond acceptors (Lipinski definition) is 3. The maximum absolute atomic E-state index is 6.08. The van der Waals surface area contributed by atoms with Crippen LogP contribution in [0, 0.1) is 0 Å². The van der Waals surface area contributed by atoms with Crippen LogP contribution in [-0.2, 0) is 6.54 Å². The lowest BCUT2D eigenvalue weighted by atomic mass is 10.1. The molecule has 0 aliphatic rings. The van der Waals surface area contributed by atoms with Crippen LogP contribution in [0.2, 0.25) is 9.36 Å². The maximum Gasteiger partial charge on any atom is 0.0931 e. The largest absolute Gasteiger partial charge is 0.301 e. The minimum Gasteiger partial charge on any atom is -0.301 e. The third-order valence-corrected chi connectivity index (χ3v) is 5.61. The van der Waals surface area contributed by atoms with Crippen molar-refractivity contribution in [2.75, 3.05) is 0 Å². The average molecular weight is 354 g/mol. The highest BCUT2D eigenvalue weighted by molar-refractivity contribution is 7.16. The van der Waals surface area contributed by atoms with E-state index in [-0.39, 0.29) is 6.04 Å². The Morgan fingerprint density at radius 2 is 1.76 bits per heavy atom. The molecule has 1 nitrogen and oxygen atoms in total. The predicted molar refractivity (Wildman–Crippen MR) is 93.8 cm³/mol. The van der Waals surface area contributed by atoms with Gasteiger partial charge in [0, 0.05) is 21.3 Å². The Morgan fingerprint density at radius 3 is 2.38 bits per heavy atom. The quantitative estimate of drug-likeness (QED) is 0.593. The van der Waals surface area contributed by atoms with Crippen molar-refractivity contribution < 1.29 is 0 Å². The van der Waals surface area contributed by atoms with Crippen molar-refractivity contribution in [2.24, 2.45) is 0 Å². The van der Waals surface area contributed by atoms with Crippen LogP contribution in [0.15, 0.2) is 53.9 Å². The molecule has 1 N–H and O–H groups in total. The van der Waals surface area contributed by atoms with Gasteiger partial charge >= 0.3 is 0 Å². The molecule has 3 aromatic rings. The monoisotopic (exact) mass is 353 g/mol. The first-order chi connectivity index (χ1) is 10.2. The molecule has 5 heteroatoms. The van der Waals surface area contributed by atoms with Gasteiger partial charge in [-0.1, -0.05) is 41.4 Å². The van der Waals surface area contributed by atoms with E-state index in [2.05, 4.69) is 28.9 Å². The summed E-state index contributed by atoms with van der Waals surface area (Å²) in [5.41, 5.74) is 1.21. The standard InChI is InChI=1S/C16H13Cl2NS2/c17-12-5-3-11(4-6-12)10-19-16(13-2-1-9-20-13)14-7-8-15(18)21-14/h1-9,16,19H,10H2. The first-order valence-corrected chi connectivity index (χ1v) is 8.94. The summed E-state index contributed by atoms with van der Waals surface area (Å²) in [6.45, 7) is 0.787. The summed E-state index contributed by atoms with van der Waals surface area (Å²) in [5.74, 6) is 0. The van der Waals surface area contributed by atoms with E-state index >= 15 is 0 Å². The van der Waals surface area contributed by atoms with Gasteiger partial charge < -0.3 is 5.32 Å². The number of hydrogen-bond donors (Lipinski definition) is 1. The second kappa shape index (κ2) is 6.95. The number of nitrogens with one attached hydrogen (secondary N) is 1. The van der Waals surface area contributed by atoms with Gasteiger partial charge in [0.15, 0.2) is 0 Å². The van der Waals surface area contributed by atoms with Crippen molar-refractivity contribution in [3.63, 3.8) is 0 Å². The lowest BCUT2D eigenvalue weighted by Gasteiger charge is -2.16. The van der Waals surface area contributed by atoms with Gasteiger partial charge in [0.1, 0.15) is 0 Å². The molecule has 0 bridgehead atoms. The molecule has 0 amide bonds. The van der Waals surface area contributed by atoms with Gasteiger partial charge in [-0.2, -0.15) is 0 Å². The zero-order valence-corrected chi connectivity index (χ0v) is 14.2. The molecule has 2 aromatic heterocycles. The molecule has 1 aromatic carbocycles. The van der Waals surface area contributed by atoms with Gasteiger partial charge in [-0.15, -0.1) is 22.7 Å². The highest BCUT2D eigenvalue weighted by Crippen LogP contribution is 2.33. The Hall–Kier alpha value is -0.840. The Kier molecular flexibility index (Phi) is 4.99. The molecular weight excluding hydrogens is 341 g/mol. The number of benzene rings is 1. The fourth-order valence-electron chi connectivity index (χ4n) is 2.10. The molecule has 108 valence electrons. The van der Waals surface area contributed by atoms with Crippen molar-refractivity contribution in [1.82, 2.24) is 5.32 Å². The highest BCUT2D eigenvalue weighted by atomic mass is 35.5. The smallest absolute Gasteiger partial charge is 0.0931 e. The first-order valence-electron chi connectivity index (χ1n) is 6.49. The molecule has 1 atom stereocenters. The molecule has 0 saturated heterocycles. The second-order valence-electron chi connectivity index (χ2n) is 4.60. The summed E-state index contributed by atoms with van der Waals surface area (Å²) in [4.78, 5) is 2.53. The van der Waals surface area contributed by atoms with Gasteiger partial charge in [-0.05, 0) is 41.3 Å². The first kappa shape index (κ1) is 15.1. The molecule has 0 radical (unpaired) electrons. The lowest BCUT2D eigenvalue weighted by Crippen LogP contribution is -2.20. The van der Waals surface area contributed by atoms with Gasteiger partial charge in [0.25, 0.3) is 0 Å². The molecule has 0 aliphatic heterocycles. The van der Waals surface area contributed by atoms with E-state index in [9.17, 15) is 0 Å². The normalized spacial score (nSPS) is 12.5. The Balaban J connectivity index is 1.78. The van der Waals surface area contributed by atoms with Gasteiger partial charge in [-0.25, -0.2) is 0 Å². The molecule has 0 fully saturated rings. The molecule has 0 saturated carbocycles. The van der Waals surface area contributed by atoms with E-state index < -0.39 is 0 Å². The fourth-order valence-corrected chi connectivity index (χ4v) is 4.28. The average Bonchev–Trinajstić information content (AvgIpc) is 3.13. The van der Waals surface area contributed by atoms with Gasteiger partial charge in [-0.3, -0.25) is 0 Å². The van der Waals surface area contributed by atoms with E-state index in [0.717, 1.165) is 15.9 Å². The minimum absolute atomic E-state index is 0.179. The highest BCUT2D eigenvalue weighted by Gasteiger charge is 2.16. The Bertz CT molecular complexity index is 689. The molecule has 3 rings (SSSR count). The summed E-state index contributed by atoms with van der Waals surface area (Å²) in [5, 5.41) is 6.47. The summed E-state index contributed by atoms with van der Waals surface area (Å²) in [6, 6.07) is 16.4. The third-order valence-electron chi connectivity index (χ3n) is 3.13. The van der Waals surface area contributed by atoms with E-state index in [1.54, 1.807) is 22.7 Å². The third kappa shape index (κ3) is 3.87. The van der Waals surface area contributed by atoms with E-state index in [1.165, 1.54) is 15.3 Å². The fraction of sp³-hybridized carbons (Fsp3) is 0.125. The van der Waals surface area contributed by atoms with Crippen LogP contribution in [-0.4, -0.2) is 0 Å². The topological polar surface area (TPSA) is 12.0 Å². The second-order valence-corrected chi connectivity index (χ2v) is 7.76. The maximum atomic E-state index is 6.08. The van der Waals surface area contributed by atoms with Crippen LogP contribution < -0.4 is 5.32 Å². The minimum atomic E-state index is 0.179. The summed E-state index contributed by atoms with van der Waals surface area (Å²) < 4.78 is 0.819. The lowest BCUT2D eigenvalue weighted by molar-refractivity contribution is 0.621. The number of halogens is 2. The molecule has 21 heavy (non-hydrogen) atoms. The molecule has 1 unspecified atom stereocenters. The molecule has 2 heterocycles. The zero-order chi connectivity index (χ0) is 14.7. The van der Waals surface area contributed by atoms with Gasteiger partial charge in [0.2, 0.25) is 0 Å². The van der Waals surface area contributed by atoms with Crippen LogP contribution in [0.25, 0.3) is 0 Å².